The van der Waals surface area contributed by atoms with Gasteiger partial charge in [0, 0.05) is 22.8 Å². The molecule has 0 bridgehead atoms. The quantitative estimate of drug-likeness (QED) is 0.177. The van der Waals surface area contributed by atoms with Gasteiger partial charge in [0.25, 0.3) is 15.9 Å². The molecule has 0 saturated heterocycles. The highest BCUT2D eigenvalue weighted by molar-refractivity contribution is 7.98. The minimum absolute atomic E-state index is 0.0245. The molecule has 1 aliphatic heterocycles. The first-order valence-electron chi connectivity index (χ1n) is 14.3. The van der Waals surface area contributed by atoms with Gasteiger partial charge in [0.1, 0.15) is 6.17 Å². The van der Waals surface area contributed by atoms with Gasteiger partial charge in [-0.05, 0) is 85.8 Å². The van der Waals surface area contributed by atoms with E-state index < -0.39 is 16.2 Å². The maximum atomic E-state index is 14.6. The first kappa shape index (κ1) is 29.5. The Hall–Kier alpha value is -4.53. The predicted octanol–water partition coefficient (Wildman–Crippen LogP) is 8.19. The van der Waals surface area contributed by atoms with E-state index in [2.05, 4.69) is 46.0 Å². The lowest BCUT2D eigenvalue weighted by Crippen LogP contribution is -2.49. The van der Waals surface area contributed by atoms with Crippen LogP contribution in [0.2, 0.25) is 0 Å². The van der Waals surface area contributed by atoms with E-state index >= 15 is 0 Å². The first-order chi connectivity index (χ1) is 21.2. The molecule has 44 heavy (non-hydrogen) atoms. The van der Waals surface area contributed by atoms with Crippen molar-refractivity contribution < 1.29 is 13.2 Å². The fourth-order valence-electron chi connectivity index (χ4n) is 5.47. The maximum Gasteiger partial charge on any atom is 0.262 e. The molecule has 0 fully saturated rings. The van der Waals surface area contributed by atoms with Crippen molar-refractivity contribution in [1.82, 2.24) is 0 Å². The number of nitrogens with one attached hydrogen (secondary N) is 1. The second kappa shape index (κ2) is 12.2. The summed E-state index contributed by atoms with van der Waals surface area (Å²) in [6, 6.07) is 38.2. The minimum Gasteiger partial charge on any atom is -0.342 e. The van der Waals surface area contributed by atoms with E-state index in [1.54, 1.807) is 40.9 Å². The fourth-order valence-corrected chi connectivity index (χ4v) is 6.97. The average Bonchev–Trinajstić information content (AvgIpc) is 3.04. The molecule has 0 saturated carbocycles. The lowest BCUT2D eigenvalue weighted by atomic mass is 9.99. The number of carbonyl (C=O) groups excluding carboxylic acids is 1. The van der Waals surface area contributed by atoms with Gasteiger partial charge in [-0.2, -0.15) is 0 Å². The zero-order chi connectivity index (χ0) is 30.8. The van der Waals surface area contributed by atoms with Gasteiger partial charge < -0.3 is 4.90 Å². The summed E-state index contributed by atoms with van der Waals surface area (Å²) >= 11 is 1.66. The van der Waals surface area contributed by atoms with E-state index in [0.717, 1.165) is 32.8 Å². The van der Waals surface area contributed by atoms with Gasteiger partial charge in [0.15, 0.2) is 0 Å². The predicted molar refractivity (Wildman–Crippen MR) is 180 cm³/mol. The van der Waals surface area contributed by atoms with E-state index in [1.165, 1.54) is 6.07 Å². The molecule has 0 spiro atoms. The normalized spacial score (nSPS) is 14.8. The second-order valence-electron chi connectivity index (χ2n) is 10.9. The largest absolute Gasteiger partial charge is 0.342 e. The molecular formula is C36H33N3O3S2. The van der Waals surface area contributed by atoms with Crippen LogP contribution in [-0.2, 0) is 16.6 Å². The molecule has 1 atom stereocenters. The summed E-state index contributed by atoms with van der Waals surface area (Å²) in [7, 11) is -3.96. The molecule has 1 amide bonds. The van der Waals surface area contributed by atoms with E-state index in [-0.39, 0.29) is 10.8 Å². The highest BCUT2D eigenvalue weighted by Crippen LogP contribution is 2.43. The zero-order valence-corrected chi connectivity index (χ0v) is 26.4. The van der Waals surface area contributed by atoms with Crippen LogP contribution >= 0.6 is 11.8 Å². The molecule has 0 unspecified atom stereocenters. The molecule has 1 heterocycles. The number of thioether (sulfide) groups is 1. The second-order valence-corrected chi connectivity index (χ2v) is 13.5. The Kier molecular flexibility index (Phi) is 8.21. The number of anilines is 3. The maximum absolute atomic E-state index is 14.6. The summed E-state index contributed by atoms with van der Waals surface area (Å²) in [5.41, 5.74) is 6.32. The standard InChI is InChI=1S/C36H33N3O3S2/c1-25-9-15-29(16-10-25)37-44(41,42)32-21-22-34-33(23-32)36(40)39(30-17-11-26(2)12-18-30)35(28-13-19-31(43-3)20-14-28)38(34)24-27-7-5-4-6-8-27/h4-23,35,37H,24H2,1-3H3/t35-/m0/s1. The number of carbonyl (C=O) groups is 1. The van der Waals surface area contributed by atoms with Gasteiger partial charge in [-0.1, -0.05) is 77.9 Å². The van der Waals surface area contributed by atoms with Gasteiger partial charge in [-0.15, -0.1) is 11.8 Å². The molecule has 1 N–H and O–H groups in total. The van der Waals surface area contributed by atoms with Gasteiger partial charge in [-0.25, -0.2) is 8.42 Å². The Labute approximate surface area is 263 Å². The van der Waals surface area contributed by atoms with Crippen molar-refractivity contribution in [2.24, 2.45) is 0 Å². The number of amides is 1. The van der Waals surface area contributed by atoms with E-state index in [9.17, 15) is 13.2 Å². The van der Waals surface area contributed by atoms with Crippen molar-refractivity contribution >= 4 is 44.8 Å². The lowest BCUT2D eigenvalue weighted by Gasteiger charge is -2.46. The number of nitrogens with zero attached hydrogens (tertiary/aromatic N) is 2. The molecule has 0 aliphatic carbocycles. The molecule has 5 aromatic rings. The summed E-state index contributed by atoms with van der Waals surface area (Å²) in [6.07, 6.45) is 1.57. The number of hydrogen-bond acceptors (Lipinski definition) is 5. The van der Waals surface area contributed by atoms with E-state index in [4.69, 9.17) is 0 Å². The summed E-state index contributed by atoms with van der Waals surface area (Å²) in [6.45, 7) is 4.46. The average molecular weight is 620 g/mol. The molecule has 5 aromatic carbocycles. The monoisotopic (exact) mass is 619 g/mol. The van der Waals surface area contributed by atoms with Crippen LogP contribution in [-0.4, -0.2) is 20.6 Å². The van der Waals surface area contributed by atoms with Crippen molar-refractivity contribution in [3.05, 3.63) is 149 Å². The SMILES string of the molecule is CSc1ccc([C@H]2N(Cc3ccccc3)c3ccc(S(=O)(=O)Nc4ccc(C)cc4)cc3C(=O)N2c2ccc(C)cc2)cc1. The van der Waals surface area contributed by atoms with Crippen LogP contribution in [0.1, 0.15) is 38.8 Å². The third-order valence-corrected chi connectivity index (χ3v) is 9.92. The Morgan fingerprint density at radius 2 is 1.41 bits per heavy atom. The van der Waals surface area contributed by atoms with E-state index in [0.29, 0.717) is 23.5 Å². The smallest absolute Gasteiger partial charge is 0.262 e. The Bertz CT molecular complexity index is 1890. The molecule has 0 aromatic heterocycles. The zero-order valence-electron chi connectivity index (χ0n) is 24.8. The van der Waals surface area contributed by atoms with E-state index in [1.807, 2.05) is 74.7 Å². The van der Waals surface area contributed by atoms with Gasteiger partial charge in [0.2, 0.25) is 0 Å². The Morgan fingerprint density at radius 1 is 0.773 bits per heavy atom. The summed E-state index contributed by atoms with van der Waals surface area (Å²) in [5, 5.41) is 0. The number of sulfonamides is 1. The van der Waals surface area contributed by atoms with Crippen molar-refractivity contribution in [3.63, 3.8) is 0 Å². The topological polar surface area (TPSA) is 69.7 Å². The molecule has 6 nitrogen and oxygen atoms in total. The molecule has 0 radical (unpaired) electrons. The van der Waals surface area contributed by atoms with Crippen molar-refractivity contribution in [1.29, 1.82) is 0 Å². The van der Waals surface area contributed by atoms with Crippen molar-refractivity contribution in [2.45, 2.75) is 36.3 Å². The number of hydrogen-bond donors (Lipinski definition) is 1. The molecule has 6 rings (SSSR count). The lowest BCUT2D eigenvalue weighted by molar-refractivity contribution is 0.0968. The van der Waals surface area contributed by atoms with Gasteiger partial charge in [-0.3, -0.25) is 14.4 Å². The molecule has 222 valence electrons. The van der Waals surface area contributed by atoms with Crippen LogP contribution < -0.4 is 14.5 Å². The van der Waals surface area contributed by atoms with Gasteiger partial charge in [0.05, 0.1) is 16.1 Å². The third-order valence-electron chi connectivity index (χ3n) is 7.80. The van der Waals surface area contributed by atoms with Crippen LogP contribution in [0.3, 0.4) is 0 Å². The number of aryl methyl sites for hydroxylation is 2. The van der Waals surface area contributed by atoms with Crippen LogP contribution in [0, 0.1) is 13.8 Å². The molecule has 8 heteroatoms. The van der Waals surface area contributed by atoms with Crippen molar-refractivity contribution in [2.75, 3.05) is 20.8 Å². The highest BCUT2D eigenvalue weighted by Gasteiger charge is 2.40. The van der Waals surface area contributed by atoms with Gasteiger partial charge >= 0.3 is 0 Å². The molecular weight excluding hydrogens is 587 g/mol. The third kappa shape index (κ3) is 5.96. The fraction of sp³-hybridized carbons (Fsp3) is 0.139. The van der Waals surface area contributed by atoms with Crippen molar-refractivity contribution in [3.8, 4) is 0 Å². The van der Waals surface area contributed by atoms with Crippen LogP contribution in [0.25, 0.3) is 0 Å². The molecule has 1 aliphatic rings. The Balaban J connectivity index is 1.51. The number of fused-ring (bicyclic) bond motifs is 1. The summed E-state index contributed by atoms with van der Waals surface area (Å²) in [4.78, 5) is 19.7. The summed E-state index contributed by atoms with van der Waals surface area (Å²) < 4.78 is 29.7. The van der Waals surface area contributed by atoms with Crippen LogP contribution in [0.5, 0.6) is 0 Å². The number of rotatable bonds is 8. The van der Waals surface area contributed by atoms with Crippen LogP contribution in [0.4, 0.5) is 17.1 Å². The first-order valence-corrected chi connectivity index (χ1v) is 17.0. The highest BCUT2D eigenvalue weighted by atomic mass is 32.2. The summed E-state index contributed by atoms with van der Waals surface area (Å²) in [5.74, 6) is -0.264. The Morgan fingerprint density at radius 3 is 2.05 bits per heavy atom. The number of benzene rings is 5. The van der Waals surface area contributed by atoms with Crippen LogP contribution in [0.15, 0.2) is 131 Å². The minimum atomic E-state index is -3.96.